The van der Waals surface area contributed by atoms with E-state index in [0.29, 0.717) is 11.5 Å². The average molecular weight is 336 g/mol. The second-order valence-corrected chi connectivity index (χ2v) is 5.40. The lowest BCUT2D eigenvalue weighted by atomic mass is 10.1. The summed E-state index contributed by atoms with van der Waals surface area (Å²) in [5.74, 6) is -0.209. The molecule has 0 aliphatic rings. The van der Waals surface area contributed by atoms with Crippen molar-refractivity contribution in [2.75, 3.05) is 10.6 Å². The lowest BCUT2D eigenvalue weighted by Gasteiger charge is -2.10. The first kappa shape index (κ1) is 16.6. The highest BCUT2D eigenvalue weighted by Crippen LogP contribution is 2.19. The maximum atomic E-state index is 12.9. The Morgan fingerprint density at radius 3 is 2.44 bits per heavy atom. The van der Waals surface area contributed by atoms with E-state index in [4.69, 9.17) is 0 Å². The fourth-order valence-corrected chi connectivity index (χ4v) is 2.34. The van der Waals surface area contributed by atoms with Crippen LogP contribution in [0.15, 0.2) is 60.7 Å². The van der Waals surface area contributed by atoms with Crippen molar-refractivity contribution in [3.05, 3.63) is 77.7 Å². The minimum Gasteiger partial charge on any atom is -0.339 e. The zero-order valence-electron chi connectivity index (χ0n) is 13.7. The van der Waals surface area contributed by atoms with E-state index in [1.807, 2.05) is 24.3 Å². The van der Waals surface area contributed by atoms with Crippen molar-refractivity contribution in [3.8, 4) is 0 Å². The van der Waals surface area contributed by atoms with Gasteiger partial charge >= 0.3 is 0 Å². The summed E-state index contributed by atoms with van der Waals surface area (Å²) in [5.41, 5.74) is 2.80. The first-order valence-corrected chi connectivity index (χ1v) is 7.91. The maximum Gasteiger partial charge on any atom is 0.276 e. The number of carbonyl (C=O) groups is 1. The summed E-state index contributed by atoms with van der Waals surface area (Å²) in [6, 6.07) is 16.7. The number of anilines is 3. The van der Waals surface area contributed by atoms with E-state index in [2.05, 4.69) is 27.8 Å². The standard InChI is InChI=1S/C19H17FN4O/c1-2-13-5-3-4-6-16(13)22-18-12-11-17(23-24-18)19(25)21-15-9-7-14(20)8-10-15/h3-12H,2H2,1H3,(H,21,25)(H,22,24). The Balaban J connectivity index is 1.69. The summed E-state index contributed by atoms with van der Waals surface area (Å²) in [4.78, 5) is 12.1. The largest absolute Gasteiger partial charge is 0.339 e. The van der Waals surface area contributed by atoms with Gasteiger partial charge < -0.3 is 10.6 Å². The number of halogens is 1. The number of hydrogen-bond acceptors (Lipinski definition) is 4. The molecule has 1 amide bonds. The number of aryl methyl sites for hydroxylation is 1. The number of rotatable bonds is 5. The van der Waals surface area contributed by atoms with Gasteiger partial charge in [-0.1, -0.05) is 25.1 Å². The molecule has 1 heterocycles. The Labute approximate surface area is 144 Å². The van der Waals surface area contributed by atoms with Crippen molar-refractivity contribution < 1.29 is 9.18 Å². The number of nitrogens with one attached hydrogen (secondary N) is 2. The fraction of sp³-hybridized carbons (Fsp3) is 0.105. The van der Waals surface area contributed by atoms with Crippen LogP contribution in [0.3, 0.4) is 0 Å². The van der Waals surface area contributed by atoms with Crippen LogP contribution in [0.1, 0.15) is 23.0 Å². The quantitative estimate of drug-likeness (QED) is 0.734. The van der Waals surface area contributed by atoms with Gasteiger partial charge in [0.1, 0.15) is 5.82 Å². The predicted octanol–water partition coefficient (Wildman–Crippen LogP) is 4.17. The molecule has 6 heteroatoms. The van der Waals surface area contributed by atoms with E-state index < -0.39 is 5.91 Å². The van der Waals surface area contributed by atoms with E-state index in [9.17, 15) is 9.18 Å². The van der Waals surface area contributed by atoms with E-state index in [1.165, 1.54) is 29.8 Å². The summed E-state index contributed by atoms with van der Waals surface area (Å²) >= 11 is 0. The number of para-hydroxylation sites is 1. The molecule has 0 unspecified atom stereocenters. The number of amides is 1. The van der Waals surface area contributed by atoms with Gasteiger partial charge in [0.05, 0.1) is 0 Å². The first-order valence-electron chi connectivity index (χ1n) is 7.91. The monoisotopic (exact) mass is 336 g/mol. The van der Waals surface area contributed by atoms with Gasteiger partial charge in [0.2, 0.25) is 0 Å². The van der Waals surface area contributed by atoms with Crippen molar-refractivity contribution in [3.63, 3.8) is 0 Å². The molecule has 0 spiro atoms. The van der Waals surface area contributed by atoms with Crippen LogP contribution in [0.2, 0.25) is 0 Å². The second kappa shape index (κ2) is 7.53. The molecule has 0 atom stereocenters. The molecule has 25 heavy (non-hydrogen) atoms. The van der Waals surface area contributed by atoms with E-state index in [-0.39, 0.29) is 11.5 Å². The molecule has 1 aromatic heterocycles. The van der Waals surface area contributed by atoms with Crippen molar-refractivity contribution in [1.29, 1.82) is 0 Å². The lowest BCUT2D eigenvalue weighted by molar-refractivity contribution is 0.102. The van der Waals surface area contributed by atoms with Gasteiger partial charge in [-0.15, -0.1) is 10.2 Å². The number of aromatic nitrogens is 2. The van der Waals surface area contributed by atoms with Gasteiger partial charge in [-0.05, 0) is 54.4 Å². The van der Waals surface area contributed by atoms with Crippen LogP contribution < -0.4 is 10.6 Å². The van der Waals surface area contributed by atoms with E-state index in [0.717, 1.165) is 12.1 Å². The molecule has 0 aliphatic carbocycles. The SMILES string of the molecule is CCc1ccccc1Nc1ccc(C(=O)Nc2ccc(F)cc2)nn1. The Bertz CT molecular complexity index is 863. The van der Waals surface area contributed by atoms with Crippen molar-refractivity contribution in [2.45, 2.75) is 13.3 Å². The van der Waals surface area contributed by atoms with Gasteiger partial charge in [0, 0.05) is 11.4 Å². The molecule has 0 aliphatic heterocycles. The van der Waals surface area contributed by atoms with Crippen LogP contribution in [0, 0.1) is 5.82 Å². The van der Waals surface area contributed by atoms with Gasteiger partial charge in [-0.25, -0.2) is 4.39 Å². The average Bonchev–Trinajstić information content (AvgIpc) is 2.64. The molecule has 0 fully saturated rings. The molecule has 3 rings (SSSR count). The van der Waals surface area contributed by atoms with Gasteiger partial charge in [-0.2, -0.15) is 0 Å². The minimum absolute atomic E-state index is 0.179. The highest BCUT2D eigenvalue weighted by Gasteiger charge is 2.09. The third-order valence-corrected chi connectivity index (χ3v) is 3.66. The molecule has 0 radical (unpaired) electrons. The smallest absolute Gasteiger partial charge is 0.276 e. The number of hydrogen-bond donors (Lipinski definition) is 2. The zero-order chi connectivity index (χ0) is 17.6. The summed E-state index contributed by atoms with van der Waals surface area (Å²) < 4.78 is 12.9. The molecule has 2 aromatic carbocycles. The van der Waals surface area contributed by atoms with E-state index in [1.54, 1.807) is 12.1 Å². The van der Waals surface area contributed by atoms with Gasteiger partial charge in [-0.3, -0.25) is 4.79 Å². The number of benzene rings is 2. The highest BCUT2D eigenvalue weighted by molar-refractivity contribution is 6.02. The molecular weight excluding hydrogens is 319 g/mol. The second-order valence-electron chi connectivity index (χ2n) is 5.40. The number of nitrogens with zero attached hydrogens (tertiary/aromatic N) is 2. The zero-order valence-corrected chi connectivity index (χ0v) is 13.7. The predicted molar refractivity (Wildman–Crippen MR) is 95.5 cm³/mol. The normalized spacial score (nSPS) is 10.3. The molecule has 3 aromatic rings. The Kier molecular flexibility index (Phi) is 4.99. The molecule has 2 N–H and O–H groups in total. The maximum absolute atomic E-state index is 12.9. The lowest BCUT2D eigenvalue weighted by Crippen LogP contribution is -2.14. The third-order valence-electron chi connectivity index (χ3n) is 3.66. The Hall–Kier alpha value is -3.28. The fourth-order valence-electron chi connectivity index (χ4n) is 2.34. The summed E-state index contributed by atoms with van der Waals surface area (Å²) in [6.07, 6.45) is 0.898. The van der Waals surface area contributed by atoms with Crippen molar-refractivity contribution >= 4 is 23.1 Å². The molecule has 5 nitrogen and oxygen atoms in total. The molecule has 126 valence electrons. The van der Waals surface area contributed by atoms with Crippen molar-refractivity contribution in [2.24, 2.45) is 0 Å². The molecule has 0 bridgehead atoms. The van der Waals surface area contributed by atoms with Crippen LogP contribution in [-0.2, 0) is 6.42 Å². The van der Waals surface area contributed by atoms with Crippen LogP contribution >= 0.6 is 0 Å². The van der Waals surface area contributed by atoms with Crippen LogP contribution in [0.4, 0.5) is 21.6 Å². The van der Waals surface area contributed by atoms with Crippen molar-refractivity contribution in [1.82, 2.24) is 10.2 Å². The third kappa shape index (κ3) is 4.17. The first-order chi connectivity index (χ1) is 12.2. The van der Waals surface area contributed by atoms with E-state index >= 15 is 0 Å². The molecule has 0 saturated heterocycles. The summed E-state index contributed by atoms with van der Waals surface area (Å²) in [5, 5.41) is 13.8. The molecule has 0 saturated carbocycles. The molecular formula is C19H17FN4O. The Morgan fingerprint density at radius 1 is 1.00 bits per heavy atom. The topological polar surface area (TPSA) is 66.9 Å². The summed E-state index contributed by atoms with van der Waals surface area (Å²) in [6.45, 7) is 2.08. The number of carbonyl (C=O) groups excluding carboxylic acids is 1. The van der Waals surface area contributed by atoms with Crippen LogP contribution in [0.5, 0.6) is 0 Å². The minimum atomic E-state index is -0.403. The van der Waals surface area contributed by atoms with Gasteiger partial charge in [0.15, 0.2) is 11.5 Å². The highest BCUT2D eigenvalue weighted by atomic mass is 19.1. The Morgan fingerprint density at radius 2 is 1.76 bits per heavy atom. The van der Waals surface area contributed by atoms with Crippen LogP contribution in [-0.4, -0.2) is 16.1 Å². The summed E-state index contributed by atoms with van der Waals surface area (Å²) in [7, 11) is 0. The van der Waals surface area contributed by atoms with Crippen LogP contribution in [0.25, 0.3) is 0 Å². The van der Waals surface area contributed by atoms with Gasteiger partial charge in [0.25, 0.3) is 5.91 Å².